The topological polar surface area (TPSA) is 91.0 Å². The summed E-state index contributed by atoms with van der Waals surface area (Å²) in [6, 6.07) is 0.504. The zero-order chi connectivity index (χ0) is 15.2. The van der Waals surface area contributed by atoms with Crippen molar-refractivity contribution in [3.8, 4) is 0 Å². The first-order valence-electron chi connectivity index (χ1n) is 7.40. The number of carbonyl (C=O) groups excluding carboxylic acids is 1. The van der Waals surface area contributed by atoms with Gasteiger partial charge in [0.05, 0.1) is 0 Å². The lowest BCUT2D eigenvalue weighted by Gasteiger charge is -2.26. The third-order valence-electron chi connectivity index (χ3n) is 4.34. The molecule has 0 unspecified atom stereocenters. The summed E-state index contributed by atoms with van der Waals surface area (Å²) in [5.41, 5.74) is 4.94. The second-order valence-corrected chi connectivity index (χ2v) is 5.96. The van der Waals surface area contributed by atoms with Crippen molar-refractivity contribution in [2.45, 2.75) is 52.0 Å². The van der Waals surface area contributed by atoms with Gasteiger partial charge in [-0.3, -0.25) is 4.79 Å². The highest BCUT2D eigenvalue weighted by atomic mass is 16.4. The van der Waals surface area contributed by atoms with Gasteiger partial charge >= 0.3 is 0 Å². The average Bonchev–Trinajstić information content (AvgIpc) is 2.92. The van der Waals surface area contributed by atoms with Crippen molar-refractivity contribution in [2.75, 3.05) is 20.1 Å². The highest BCUT2D eigenvalue weighted by molar-refractivity contribution is 6.07. The maximum absolute atomic E-state index is 12.3. The Hall–Kier alpha value is -1.30. The first-order chi connectivity index (χ1) is 9.44. The number of amides is 1. The summed E-state index contributed by atoms with van der Waals surface area (Å²) in [6.07, 6.45) is 4.12. The standard InChI is InChI=1S/C14H28N4O2/c1-11(2)18(3)10-6-9-16-13(19)14(12(15)17-20)7-4-5-8-14/h11,20H,4-10H2,1-3H3,(H2,15,17)(H,16,19). The Morgan fingerprint density at radius 2 is 2.05 bits per heavy atom. The van der Waals surface area contributed by atoms with Crippen LogP contribution in [0.1, 0.15) is 46.0 Å². The molecule has 116 valence electrons. The molecule has 0 heterocycles. The van der Waals surface area contributed by atoms with Crippen LogP contribution in [0.5, 0.6) is 0 Å². The minimum absolute atomic E-state index is 0.0480. The van der Waals surface area contributed by atoms with Crippen molar-refractivity contribution in [3.63, 3.8) is 0 Å². The van der Waals surface area contributed by atoms with E-state index in [9.17, 15) is 4.79 Å². The van der Waals surface area contributed by atoms with Gasteiger partial charge in [-0.2, -0.15) is 0 Å². The summed E-state index contributed by atoms with van der Waals surface area (Å²) in [6.45, 7) is 5.85. The number of amidine groups is 1. The molecular weight excluding hydrogens is 256 g/mol. The number of carbonyl (C=O) groups is 1. The fourth-order valence-corrected chi connectivity index (χ4v) is 2.63. The summed E-state index contributed by atoms with van der Waals surface area (Å²) in [4.78, 5) is 14.6. The van der Waals surface area contributed by atoms with Crippen LogP contribution in [0.4, 0.5) is 0 Å². The monoisotopic (exact) mass is 284 g/mol. The van der Waals surface area contributed by atoms with E-state index in [1.54, 1.807) is 0 Å². The van der Waals surface area contributed by atoms with E-state index in [1.165, 1.54) is 0 Å². The second-order valence-electron chi connectivity index (χ2n) is 5.96. The predicted octanol–water partition coefficient (Wildman–Crippen LogP) is 1.14. The molecule has 0 saturated heterocycles. The van der Waals surface area contributed by atoms with Gasteiger partial charge in [0.15, 0.2) is 5.84 Å². The quantitative estimate of drug-likeness (QED) is 0.215. The molecule has 20 heavy (non-hydrogen) atoms. The van der Waals surface area contributed by atoms with Crippen molar-refractivity contribution in [2.24, 2.45) is 16.3 Å². The lowest BCUT2D eigenvalue weighted by atomic mass is 9.84. The lowest BCUT2D eigenvalue weighted by molar-refractivity contribution is -0.127. The van der Waals surface area contributed by atoms with E-state index in [2.05, 4.69) is 36.3 Å². The Morgan fingerprint density at radius 3 is 2.55 bits per heavy atom. The van der Waals surface area contributed by atoms with Gasteiger partial charge in [0.25, 0.3) is 0 Å². The number of hydrogen-bond acceptors (Lipinski definition) is 4. The van der Waals surface area contributed by atoms with Crippen molar-refractivity contribution >= 4 is 11.7 Å². The fraction of sp³-hybridized carbons (Fsp3) is 0.857. The third kappa shape index (κ3) is 3.85. The zero-order valence-corrected chi connectivity index (χ0v) is 12.9. The molecule has 0 atom stereocenters. The van der Waals surface area contributed by atoms with Gasteiger partial charge in [0, 0.05) is 12.6 Å². The van der Waals surface area contributed by atoms with Crippen LogP contribution in [0.2, 0.25) is 0 Å². The maximum atomic E-state index is 12.3. The van der Waals surface area contributed by atoms with Crippen LogP contribution in [0, 0.1) is 5.41 Å². The summed E-state index contributed by atoms with van der Waals surface area (Å²) in [7, 11) is 2.07. The molecule has 0 aromatic rings. The summed E-state index contributed by atoms with van der Waals surface area (Å²) < 4.78 is 0. The molecule has 0 bridgehead atoms. The molecule has 6 nitrogen and oxygen atoms in total. The number of nitrogens with two attached hydrogens (primary N) is 1. The van der Waals surface area contributed by atoms with Crippen LogP contribution in [0.3, 0.4) is 0 Å². The van der Waals surface area contributed by atoms with Crippen molar-refractivity contribution in [1.29, 1.82) is 0 Å². The van der Waals surface area contributed by atoms with Gasteiger partial charge in [0.2, 0.25) is 5.91 Å². The molecule has 1 fully saturated rings. The van der Waals surface area contributed by atoms with Gasteiger partial charge < -0.3 is 21.2 Å². The van der Waals surface area contributed by atoms with Crippen molar-refractivity contribution in [3.05, 3.63) is 0 Å². The van der Waals surface area contributed by atoms with Gasteiger partial charge in [-0.05, 0) is 46.7 Å². The number of oxime groups is 1. The number of rotatable bonds is 7. The molecule has 0 aliphatic heterocycles. The molecule has 6 heteroatoms. The smallest absolute Gasteiger partial charge is 0.233 e. The molecule has 0 radical (unpaired) electrons. The number of hydrogen-bond donors (Lipinski definition) is 3. The molecule has 1 saturated carbocycles. The summed E-state index contributed by atoms with van der Waals surface area (Å²) in [5, 5.41) is 14.9. The minimum Gasteiger partial charge on any atom is -0.409 e. The predicted molar refractivity (Wildman–Crippen MR) is 79.7 cm³/mol. The van der Waals surface area contributed by atoms with E-state index in [4.69, 9.17) is 10.9 Å². The van der Waals surface area contributed by atoms with Gasteiger partial charge in [-0.25, -0.2) is 0 Å². The molecule has 0 aromatic heterocycles. The molecule has 4 N–H and O–H groups in total. The lowest BCUT2D eigenvalue weighted by Crippen LogP contribution is -2.48. The molecular formula is C14H28N4O2. The number of nitrogens with one attached hydrogen (secondary N) is 1. The number of nitrogens with zero attached hydrogens (tertiary/aromatic N) is 2. The first-order valence-corrected chi connectivity index (χ1v) is 7.40. The van der Waals surface area contributed by atoms with Gasteiger partial charge in [-0.1, -0.05) is 18.0 Å². The van der Waals surface area contributed by atoms with E-state index in [0.717, 1.165) is 25.8 Å². The molecule has 1 rings (SSSR count). The third-order valence-corrected chi connectivity index (χ3v) is 4.34. The van der Waals surface area contributed by atoms with E-state index in [0.29, 0.717) is 25.4 Å². The highest BCUT2D eigenvalue weighted by Crippen LogP contribution is 2.38. The van der Waals surface area contributed by atoms with E-state index in [-0.39, 0.29) is 11.7 Å². The first kappa shape index (κ1) is 16.8. The Balaban J connectivity index is 2.45. The Kier molecular flexibility index (Phi) is 6.26. The highest BCUT2D eigenvalue weighted by Gasteiger charge is 2.45. The van der Waals surface area contributed by atoms with Crippen LogP contribution >= 0.6 is 0 Å². The fourth-order valence-electron chi connectivity index (χ4n) is 2.63. The Morgan fingerprint density at radius 1 is 1.45 bits per heavy atom. The van der Waals surface area contributed by atoms with E-state index in [1.807, 2.05) is 0 Å². The van der Waals surface area contributed by atoms with Crippen LogP contribution in [0.25, 0.3) is 0 Å². The van der Waals surface area contributed by atoms with Crippen molar-refractivity contribution in [1.82, 2.24) is 10.2 Å². The Bertz CT molecular complexity index is 349. The van der Waals surface area contributed by atoms with Crippen molar-refractivity contribution < 1.29 is 10.0 Å². The summed E-state index contributed by atoms with van der Waals surface area (Å²) >= 11 is 0. The zero-order valence-electron chi connectivity index (χ0n) is 12.9. The van der Waals surface area contributed by atoms with Crippen LogP contribution in [-0.4, -0.2) is 48.0 Å². The normalized spacial score (nSPS) is 18.8. The molecule has 1 aliphatic carbocycles. The molecule has 1 amide bonds. The molecule has 1 aliphatic rings. The SMILES string of the molecule is CC(C)N(C)CCCNC(=O)C1(C(N)=NO)CCCC1. The minimum atomic E-state index is -0.793. The van der Waals surface area contributed by atoms with Gasteiger partial charge in [0.1, 0.15) is 5.41 Å². The molecule has 0 spiro atoms. The maximum Gasteiger partial charge on any atom is 0.233 e. The Labute approximate surface area is 121 Å². The van der Waals surface area contributed by atoms with E-state index >= 15 is 0 Å². The van der Waals surface area contributed by atoms with Gasteiger partial charge in [-0.15, -0.1) is 0 Å². The van der Waals surface area contributed by atoms with Crippen LogP contribution in [-0.2, 0) is 4.79 Å². The molecule has 0 aromatic carbocycles. The van der Waals surface area contributed by atoms with Crippen LogP contribution in [0.15, 0.2) is 5.16 Å². The summed E-state index contributed by atoms with van der Waals surface area (Å²) in [5.74, 6) is -0.0516. The van der Waals surface area contributed by atoms with E-state index < -0.39 is 5.41 Å². The van der Waals surface area contributed by atoms with Crippen LogP contribution < -0.4 is 11.1 Å². The second kappa shape index (κ2) is 7.47. The largest absolute Gasteiger partial charge is 0.409 e. The average molecular weight is 284 g/mol.